The quantitative estimate of drug-likeness (QED) is 0.555. The molecule has 0 aromatic carbocycles. The van der Waals surface area contributed by atoms with Gasteiger partial charge in [0.15, 0.2) is 24.3 Å². The summed E-state index contributed by atoms with van der Waals surface area (Å²) in [6.07, 6.45) is -2.80. The van der Waals surface area contributed by atoms with Gasteiger partial charge in [0, 0.05) is 6.92 Å². The minimum absolute atomic E-state index is 0.0728. The lowest BCUT2D eigenvalue weighted by Crippen LogP contribution is -2.38. The van der Waals surface area contributed by atoms with Crippen molar-refractivity contribution in [3.05, 3.63) is 11.1 Å². The van der Waals surface area contributed by atoms with Crippen molar-refractivity contribution in [2.24, 2.45) is 0 Å². The second-order valence-corrected chi connectivity index (χ2v) is 5.38. The molecular weight excluding hydrogens is 276 g/mol. The zero-order chi connectivity index (χ0) is 15.8. The lowest BCUT2D eigenvalue weighted by atomic mass is 10.00. The molecule has 0 amide bonds. The number of carbonyl (C=O) groups excluding carboxylic acids is 1. The van der Waals surface area contributed by atoms with Crippen LogP contribution in [0.4, 0.5) is 0 Å². The number of fused-ring (bicyclic) bond motifs is 1. The zero-order valence-corrected chi connectivity index (χ0v) is 12.2. The molecule has 0 spiro atoms. The Labute approximate surface area is 122 Å². The molecule has 0 saturated carbocycles. The van der Waals surface area contributed by atoms with Gasteiger partial charge in [0.1, 0.15) is 23.8 Å². The molecule has 0 unspecified atom stereocenters. The van der Waals surface area contributed by atoms with E-state index in [0.29, 0.717) is 5.57 Å². The summed E-state index contributed by atoms with van der Waals surface area (Å²) in [6, 6.07) is 3.60. The summed E-state index contributed by atoms with van der Waals surface area (Å²) in [7, 11) is 0. The second-order valence-electron chi connectivity index (χ2n) is 5.38. The van der Waals surface area contributed by atoms with E-state index >= 15 is 0 Å². The maximum atomic E-state index is 11.3. The highest BCUT2D eigenvalue weighted by atomic mass is 16.8. The number of hydrogen-bond acceptors (Lipinski definition) is 7. The van der Waals surface area contributed by atoms with Crippen molar-refractivity contribution in [1.82, 2.24) is 0 Å². The third kappa shape index (κ3) is 2.91. The van der Waals surface area contributed by atoms with E-state index in [1.807, 2.05) is 0 Å². The molecule has 0 N–H and O–H groups in total. The number of hydrogen-bond donors (Lipinski definition) is 0. The van der Waals surface area contributed by atoms with Crippen LogP contribution in [0.5, 0.6) is 0 Å². The smallest absolute Gasteiger partial charge is 0.303 e. The van der Waals surface area contributed by atoms with Gasteiger partial charge < -0.3 is 18.9 Å². The van der Waals surface area contributed by atoms with Crippen LogP contribution in [-0.2, 0) is 23.7 Å². The molecule has 2 aliphatic heterocycles. The van der Waals surface area contributed by atoms with Crippen LogP contribution in [0.15, 0.2) is 11.1 Å². The summed E-state index contributed by atoms with van der Waals surface area (Å²) in [5.74, 6) is -1.34. The molecule has 0 aromatic rings. The largest absolute Gasteiger partial charge is 0.456 e. The molecule has 0 bridgehead atoms. The Hall–Kier alpha value is -1.93. The second kappa shape index (κ2) is 5.45. The van der Waals surface area contributed by atoms with Gasteiger partial charge in [0.05, 0.1) is 0 Å². The maximum Gasteiger partial charge on any atom is 0.303 e. The number of allylic oxidation sites excluding steroid dienone is 1. The molecule has 2 saturated heterocycles. The standard InChI is InChI=1S/C14H16N2O5/c1-7(9(5-15)6-16)10-11(18-8(2)17)12-13(19-10)21-14(3,4)20-12/h10-13H,1-4H3/t10-,11+,12-,13-/m1/s1. The Kier molecular flexibility index (Phi) is 4.02. The van der Waals surface area contributed by atoms with E-state index in [1.54, 1.807) is 32.9 Å². The average molecular weight is 292 g/mol. The van der Waals surface area contributed by atoms with Crippen molar-refractivity contribution in [3.8, 4) is 12.1 Å². The van der Waals surface area contributed by atoms with E-state index in [-0.39, 0.29) is 5.57 Å². The van der Waals surface area contributed by atoms with Crippen molar-refractivity contribution in [2.45, 2.75) is 58.1 Å². The van der Waals surface area contributed by atoms with Crippen molar-refractivity contribution >= 4 is 5.97 Å². The molecule has 2 aliphatic rings. The topological polar surface area (TPSA) is 102 Å². The van der Waals surface area contributed by atoms with Gasteiger partial charge in [-0.1, -0.05) is 0 Å². The van der Waals surface area contributed by atoms with Gasteiger partial charge in [0.25, 0.3) is 0 Å². The molecule has 7 nitrogen and oxygen atoms in total. The van der Waals surface area contributed by atoms with Crippen molar-refractivity contribution < 1.29 is 23.7 Å². The molecule has 0 aromatic heterocycles. The molecule has 112 valence electrons. The summed E-state index contributed by atoms with van der Waals surface area (Å²) in [5.41, 5.74) is 0.321. The van der Waals surface area contributed by atoms with Crippen LogP contribution >= 0.6 is 0 Å². The third-order valence-corrected chi connectivity index (χ3v) is 3.34. The number of nitriles is 2. The average Bonchev–Trinajstić information content (AvgIpc) is 2.84. The molecule has 0 aliphatic carbocycles. The first kappa shape index (κ1) is 15.5. The number of esters is 1. The van der Waals surface area contributed by atoms with Crippen LogP contribution < -0.4 is 0 Å². The lowest BCUT2D eigenvalue weighted by molar-refractivity contribution is -0.214. The zero-order valence-electron chi connectivity index (χ0n) is 12.2. The SMILES string of the molecule is CC(=O)O[C@@H]1[C@H]2OC(C)(C)O[C@H]2O[C@@H]1C(C)=C(C#N)C#N. The van der Waals surface area contributed by atoms with E-state index in [2.05, 4.69) is 0 Å². The van der Waals surface area contributed by atoms with Crippen molar-refractivity contribution in [1.29, 1.82) is 10.5 Å². The summed E-state index contributed by atoms with van der Waals surface area (Å²) in [4.78, 5) is 11.3. The first-order valence-electron chi connectivity index (χ1n) is 6.48. The van der Waals surface area contributed by atoms with Crippen LogP contribution in [0.25, 0.3) is 0 Å². The van der Waals surface area contributed by atoms with Gasteiger partial charge in [-0.2, -0.15) is 10.5 Å². The third-order valence-electron chi connectivity index (χ3n) is 3.34. The highest BCUT2D eigenvalue weighted by Crippen LogP contribution is 2.41. The molecular formula is C14H16N2O5. The molecule has 0 radical (unpaired) electrons. The predicted molar refractivity (Wildman–Crippen MR) is 68.2 cm³/mol. The van der Waals surface area contributed by atoms with Crippen LogP contribution in [0.1, 0.15) is 27.7 Å². The molecule has 2 heterocycles. The van der Waals surface area contributed by atoms with Gasteiger partial charge in [0.2, 0.25) is 0 Å². The van der Waals surface area contributed by atoms with E-state index < -0.39 is 36.4 Å². The fourth-order valence-electron chi connectivity index (χ4n) is 2.49. The van der Waals surface area contributed by atoms with E-state index in [9.17, 15) is 4.79 Å². The van der Waals surface area contributed by atoms with Crippen LogP contribution in [0.2, 0.25) is 0 Å². The van der Waals surface area contributed by atoms with Gasteiger partial charge in [-0.15, -0.1) is 0 Å². The van der Waals surface area contributed by atoms with Crippen LogP contribution in [0, 0.1) is 22.7 Å². The Morgan fingerprint density at radius 1 is 1.19 bits per heavy atom. The highest BCUT2D eigenvalue weighted by molar-refractivity contribution is 5.66. The number of nitrogens with zero attached hydrogens (tertiary/aromatic N) is 2. The fourth-order valence-corrected chi connectivity index (χ4v) is 2.49. The van der Waals surface area contributed by atoms with Gasteiger partial charge in [-0.25, -0.2) is 0 Å². The normalized spacial score (nSPS) is 32.7. The van der Waals surface area contributed by atoms with E-state index in [4.69, 9.17) is 29.5 Å². The minimum atomic E-state index is -0.844. The highest BCUT2D eigenvalue weighted by Gasteiger charge is 2.57. The monoisotopic (exact) mass is 292 g/mol. The maximum absolute atomic E-state index is 11.3. The molecule has 7 heteroatoms. The number of ether oxygens (including phenoxy) is 4. The fraction of sp³-hybridized carbons (Fsp3) is 0.643. The van der Waals surface area contributed by atoms with E-state index in [1.165, 1.54) is 6.92 Å². The Morgan fingerprint density at radius 2 is 1.81 bits per heavy atom. The molecule has 2 rings (SSSR count). The summed E-state index contributed by atoms with van der Waals surface area (Å²) in [5, 5.41) is 17.9. The number of carbonyl (C=O) groups is 1. The van der Waals surface area contributed by atoms with Crippen molar-refractivity contribution in [2.75, 3.05) is 0 Å². The first-order chi connectivity index (χ1) is 9.79. The molecule has 2 fully saturated rings. The minimum Gasteiger partial charge on any atom is -0.456 e. The van der Waals surface area contributed by atoms with Crippen LogP contribution in [-0.4, -0.2) is 36.4 Å². The summed E-state index contributed by atoms with van der Waals surface area (Å²) < 4.78 is 22.3. The van der Waals surface area contributed by atoms with Gasteiger partial charge in [-0.3, -0.25) is 4.79 Å². The number of rotatable bonds is 2. The Balaban J connectivity index is 2.32. The summed E-state index contributed by atoms with van der Waals surface area (Å²) in [6.45, 7) is 6.33. The molecule has 21 heavy (non-hydrogen) atoms. The first-order valence-corrected chi connectivity index (χ1v) is 6.48. The van der Waals surface area contributed by atoms with Gasteiger partial charge >= 0.3 is 5.97 Å². The molecule has 4 atom stereocenters. The Morgan fingerprint density at radius 3 is 2.33 bits per heavy atom. The predicted octanol–water partition coefficient (Wildman–Crippen LogP) is 1.16. The van der Waals surface area contributed by atoms with Crippen LogP contribution in [0.3, 0.4) is 0 Å². The Bertz CT molecular complexity index is 553. The lowest BCUT2D eigenvalue weighted by Gasteiger charge is -2.25. The summed E-state index contributed by atoms with van der Waals surface area (Å²) >= 11 is 0. The van der Waals surface area contributed by atoms with Crippen molar-refractivity contribution in [3.63, 3.8) is 0 Å². The van der Waals surface area contributed by atoms with E-state index in [0.717, 1.165) is 0 Å². The van der Waals surface area contributed by atoms with Gasteiger partial charge in [-0.05, 0) is 26.3 Å².